The topological polar surface area (TPSA) is 87.7 Å². The molecular formula is C11H14N2O4. The highest BCUT2D eigenvalue weighted by Crippen LogP contribution is 2.10. The Hall–Kier alpha value is -2.24. The van der Waals surface area contributed by atoms with Crippen molar-refractivity contribution < 1.29 is 19.4 Å². The van der Waals surface area contributed by atoms with E-state index in [2.05, 4.69) is 10.6 Å². The fourth-order valence-electron chi connectivity index (χ4n) is 1.14. The molecule has 0 aliphatic heterocycles. The third kappa shape index (κ3) is 4.87. The smallest absolute Gasteiger partial charge is 0.323 e. The van der Waals surface area contributed by atoms with Gasteiger partial charge in [-0.15, -0.1) is 0 Å². The van der Waals surface area contributed by atoms with Crippen LogP contribution < -0.4 is 15.4 Å². The average Bonchev–Trinajstić information content (AvgIpc) is 2.34. The minimum atomic E-state index is -1.08. The highest BCUT2D eigenvalue weighted by molar-refractivity contribution is 5.79. The molecule has 2 amide bonds. The molecule has 1 rings (SSSR count). The Kier molecular flexibility index (Phi) is 4.80. The van der Waals surface area contributed by atoms with Crippen LogP contribution in [0, 0.1) is 0 Å². The Morgan fingerprint density at radius 2 is 1.88 bits per heavy atom. The molecule has 0 atom stereocenters. The molecule has 1 aromatic rings. The summed E-state index contributed by atoms with van der Waals surface area (Å²) >= 11 is 0. The number of nitrogens with one attached hydrogen (secondary N) is 2. The molecule has 0 aliphatic rings. The first kappa shape index (κ1) is 12.8. The number of methoxy groups -OCH3 is 1. The van der Waals surface area contributed by atoms with Gasteiger partial charge < -0.3 is 20.5 Å². The van der Waals surface area contributed by atoms with Crippen molar-refractivity contribution in [2.75, 3.05) is 13.7 Å². The third-order valence-corrected chi connectivity index (χ3v) is 2.01. The van der Waals surface area contributed by atoms with Gasteiger partial charge in [-0.2, -0.15) is 0 Å². The number of aliphatic carboxylic acids is 1. The molecule has 1 aromatic carbocycles. The lowest BCUT2D eigenvalue weighted by molar-refractivity contribution is -0.135. The molecule has 0 radical (unpaired) electrons. The number of carbonyl (C=O) groups is 2. The van der Waals surface area contributed by atoms with Crippen LogP contribution in [0.2, 0.25) is 0 Å². The normalized spacial score (nSPS) is 9.47. The first-order valence-corrected chi connectivity index (χ1v) is 4.98. The summed E-state index contributed by atoms with van der Waals surface area (Å²) in [4.78, 5) is 21.3. The number of carboxylic acid groups (broad SMARTS) is 1. The number of amides is 2. The van der Waals surface area contributed by atoms with Gasteiger partial charge in [0.25, 0.3) is 0 Å². The van der Waals surface area contributed by atoms with E-state index in [1.807, 2.05) is 12.1 Å². The Balaban J connectivity index is 2.34. The number of hydrogen-bond acceptors (Lipinski definition) is 3. The largest absolute Gasteiger partial charge is 0.497 e. The second-order valence-electron chi connectivity index (χ2n) is 3.28. The number of hydrogen-bond donors (Lipinski definition) is 3. The Morgan fingerprint density at radius 3 is 2.41 bits per heavy atom. The van der Waals surface area contributed by atoms with Crippen LogP contribution in [0.4, 0.5) is 4.79 Å². The third-order valence-electron chi connectivity index (χ3n) is 2.01. The Morgan fingerprint density at radius 1 is 1.24 bits per heavy atom. The zero-order chi connectivity index (χ0) is 12.7. The van der Waals surface area contributed by atoms with Gasteiger partial charge in [0, 0.05) is 6.54 Å². The van der Waals surface area contributed by atoms with E-state index >= 15 is 0 Å². The molecule has 0 spiro atoms. The van der Waals surface area contributed by atoms with Crippen molar-refractivity contribution in [2.24, 2.45) is 0 Å². The zero-order valence-electron chi connectivity index (χ0n) is 9.40. The van der Waals surface area contributed by atoms with Crippen molar-refractivity contribution in [2.45, 2.75) is 6.54 Å². The van der Waals surface area contributed by atoms with Gasteiger partial charge in [0.15, 0.2) is 0 Å². The summed E-state index contributed by atoms with van der Waals surface area (Å²) in [5.74, 6) is -0.339. The van der Waals surface area contributed by atoms with Crippen LogP contribution in [0.15, 0.2) is 24.3 Å². The van der Waals surface area contributed by atoms with Crippen molar-refractivity contribution in [3.05, 3.63) is 29.8 Å². The predicted octanol–water partition coefficient (Wildman–Crippen LogP) is 0.579. The Labute approximate surface area is 98.6 Å². The molecule has 0 aliphatic carbocycles. The van der Waals surface area contributed by atoms with Crippen molar-refractivity contribution >= 4 is 12.0 Å². The lowest BCUT2D eigenvalue weighted by Crippen LogP contribution is -2.37. The molecule has 0 heterocycles. The van der Waals surface area contributed by atoms with Crippen molar-refractivity contribution in [3.63, 3.8) is 0 Å². The summed E-state index contributed by atoms with van der Waals surface area (Å²) in [5.41, 5.74) is 0.899. The van der Waals surface area contributed by atoms with E-state index in [-0.39, 0.29) is 0 Å². The van der Waals surface area contributed by atoms with Gasteiger partial charge in [0.1, 0.15) is 12.3 Å². The summed E-state index contributed by atoms with van der Waals surface area (Å²) in [7, 11) is 1.58. The van der Waals surface area contributed by atoms with Crippen LogP contribution in [-0.4, -0.2) is 30.8 Å². The van der Waals surface area contributed by atoms with Crippen LogP contribution in [-0.2, 0) is 11.3 Å². The van der Waals surface area contributed by atoms with Crippen LogP contribution in [0.5, 0.6) is 5.75 Å². The van der Waals surface area contributed by atoms with E-state index in [0.29, 0.717) is 6.54 Å². The predicted molar refractivity (Wildman–Crippen MR) is 60.9 cm³/mol. The summed E-state index contributed by atoms with van der Waals surface area (Å²) in [6.45, 7) is -0.0656. The van der Waals surface area contributed by atoms with Gasteiger partial charge in [-0.1, -0.05) is 12.1 Å². The quantitative estimate of drug-likeness (QED) is 0.700. The molecule has 6 nitrogen and oxygen atoms in total. The summed E-state index contributed by atoms with van der Waals surface area (Å²) < 4.78 is 4.99. The molecule has 92 valence electrons. The second kappa shape index (κ2) is 6.37. The van der Waals surface area contributed by atoms with Crippen molar-refractivity contribution in [1.82, 2.24) is 10.6 Å². The van der Waals surface area contributed by atoms with Gasteiger partial charge in [0.2, 0.25) is 0 Å². The maximum absolute atomic E-state index is 11.1. The number of ether oxygens (including phenoxy) is 1. The molecule has 0 aromatic heterocycles. The minimum absolute atomic E-state index is 0.329. The van der Waals surface area contributed by atoms with Crippen LogP contribution in [0.1, 0.15) is 5.56 Å². The van der Waals surface area contributed by atoms with Gasteiger partial charge >= 0.3 is 12.0 Å². The van der Waals surface area contributed by atoms with Crippen LogP contribution in [0.25, 0.3) is 0 Å². The molecule has 0 saturated heterocycles. The summed E-state index contributed by atoms with van der Waals surface area (Å²) in [6.07, 6.45) is 0. The van der Waals surface area contributed by atoms with Gasteiger partial charge in [-0.25, -0.2) is 4.79 Å². The SMILES string of the molecule is COc1ccc(CNC(=O)NCC(=O)O)cc1. The van der Waals surface area contributed by atoms with Crippen molar-refractivity contribution in [3.8, 4) is 5.75 Å². The van der Waals surface area contributed by atoms with Gasteiger partial charge in [-0.3, -0.25) is 4.79 Å². The van der Waals surface area contributed by atoms with E-state index in [1.54, 1.807) is 19.2 Å². The fraction of sp³-hybridized carbons (Fsp3) is 0.273. The zero-order valence-corrected chi connectivity index (χ0v) is 9.40. The first-order chi connectivity index (χ1) is 8.11. The molecule has 6 heteroatoms. The fourth-order valence-corrected chi connectivity index (χ4v) is 1.14. The van der Waals surface area contributed by atoms with Gasteiger partial charge in [-0.05, 0) is 17.7 Å². The maximum atomic E-state index is 11.1. The average molecular weight is 238 g/mol. The lowest BCUT2D eigenvalue weighted by Gasteiger charge is -2.06. The molecule has 3 N–H and O–H groups in total. The summed E-state index contributed by atoms with van der Waals surface area (Å²) in [6, 6.07) is 6.69. The van der Waals surface area contributed by atoms with Crippen LogP contribution >= 0.6 is 0 Å². The molecular weight excluding hydrogens is 224 g/mol. The Bertz CT molecular complexity index is 389. The van der Waals surface area contributed by atoms with E-state index in [9.17, 15) is 9.59 Å². The second-order valence-corrected chi connectivity index (χ2v) is 3.28. The van der Waals surface area contributed by atoms with E-state index in [4.69, 9.17) is 9.84 Å². The van der Waals surface area contributed by atoms with Gasteiger partial charge in [0.05, 0.1) is 7.11 Å². The lowest BCUT2D eigenvalue weighted by atomic mass is 10.2. The number of carbonyl (C=O) groups excluding carboxylic acids is 1. The number of rotatable bonds is 5. The highest BCUT2D eigenvalue weighted by Gasteiger charge is 2.02. The molecule has 0 saturated carbocycles. The number of carboxylic acids is 1. The highest BCUT2D eigenvalue weighted by atomic mass is 16.5. The monoisotopic (exact) mass is 238 g/mol. The maximum Gasteiger partial charge on any atom is 0.323 e. The number of benzene rings is 1. The first-order valence-electron chi connectivity index (χ1n) is 4.98. The molecule has 17 heavy (non-hydrogen) atoms. The van der Waals surface area contributed by atoms with E-state index < -0.39 is 18.5 Å². The number of urea groups is 1. The molecule has 0 bridgehead atoms. The minimum Gasteiger partial charge on any atom is -0.497 e. The standard InChI is InChI=1S/C11H14N2O4/c1-17-9-4-2-8(3-5-9)6-12-11(16)13-7-10(14)15/h2-5H,6-7H2,1H3,(H,14,15)(H2,12,13,16). The summed E-state index contributed by atoms with van der Waals surface area (Å²) in [5, 5.41) is 13.1. The molecule has 0 fully saturated rings. The van der Waals surface area contributed by atoms with Crippen molar-refractivity contribution in [1.29, 1.82) is 0 Å². The van der Waals surface area contributed by atoms with E-state index in [1.165, 1.54) is 0 Å². The van der Waals surface area contributed by atoms with E-state index in [0.717, 1.165) is 11.3 Å². The molecule has 0 unspecified atom stereocenters. The van der Waals surface area contributed by atoms with Crippen LogP contribution in [0.3, 0.4) is 0 Å².